The summed E-state index contributed by atoms with van der Waals surface area (Å²) in [5.74, 6) is 1.78. The molecule has 1 aromatic carbocycles. The molecule has 0 spiro atoms. The highest BCUT2D eigenvalue weighted by Crippen LogP contribution is 2.14. The van der Waals surface area contributed by atoms with E-state index in [1.54, 1.807) is 0 Å². The summed E-state index contributed by atoms with van der Waals surface area (Å²) in [6, 6.07) is 7.49. The molecule has 7 heteroatoms. The van der Waals surface area contributed by atoms with Gasteiger partial charge in [0.05, 0.1) is 13.7 Å². The first-order valence-electron chi connectivity index (χ1n) is 9.55. The van der Waals surface area contributed by atoms with Crippen LogP contribution in [0.2, 0.25) is 0 Å². The lowest BCUT2D eigenvalue weighted by molar-refractivity contribution is 0.187. The normalized spacial score (nSPS) is 12.6. The Hall–Kier alpha value is -2.28. The molecule has 0 aliphatic carbocycles. The number of nitrogens with one attached hydrogen (secondary N) is 3. The van der Waals surface area contributed by atoms with Gasteiger partial charge in [-0.25, -0.2) is 9.79 Å². The lowest BCUT2D eigenvalue weighted by atomic mass is 9.94. The Labute approximate surface area is 162 Å². The van der Waals surface area contributed by atoms with E-state index in [2.05, 4.69) is 39.5 Å². The van der Waals surface area contributed by atoms with E-state index in [0.29, 0.717) is 24.1 Å². The van der Waals surface area contributed by atoms with Crippen molar-refractivity contribution in [1.29, 1.82) is 0 Å². The van der Waals surface area contributed by atoms with Crippen molar-refractivity contribution in [3.8, 4) is 0 Å². The summed E-state index contributed by atoms with van der Waals surface area (Å²) in [7, 11) is 1.33. The van der Waals surface area contributed by atoms with Crippen LogP contribution in [0.15, 0.2) is 29.3 Å². The highest BCUT2D eigenvalue weighted by atomic mass is 16.5. The number of rotatable bonds is 10. The van der Waals surface area contributed by atoms with Crippen LogP contribution >= 0.6 is 0 Å². The Bertz CT molecular complexity index is 573. The smallest absolute Gasteiger partial charge is 0.411 e. The van der Waals surface area contributed by atoms with Crippen LogP contribution in [0.25, 0.3) is 0 Å². The standard InChI is InChI=1S/C20H34N4O3/c1-5-21-19(23-14-17(10-11-25)12-15(2)3)22-13-16-6-8-18(9-7-16)24-20(26)27-4/h6-9,15,17,25H,5,10-14H2,1-4H3,(H,24,26)(H2,21,22,23). The second-order valence-electron chi connectivity index (χ2n) is 6.90. The number of aliphatic hydroxyl groups excluding tert-OH is 1. The van der Waals surface area contributed by atoms with E-state index in [-0.39, 0.29) is 6.61 Å². The van der Waals surface area contributed by atoms with Gasteiger partial charge in [0, 0.05) is 25.4 Å². The first kappa shape index (κ1) is 22.8. The number of ether oxygens (including phenoxy) is 1. The molecule has 1 atom stereocenters. The van der Waals surface area contributed by atoms with Crippen molar-refractivity contribution in [3.05, 3.63) is 29.8 Å². The first-order chi connectivity index (χ1) is 13.0. The number of carbonyl (C=O) groups is 1. The predicted octanol–water partition coefficient (Wildman–Crippen LogP) is 2.96. The van der Waals surface area contributed by atoms with Crippen LogP contribution in [0.1, 0.15) is 39.2 Å². The monoisotopic (exact) mass is 378 g/mol. The van der Waals surface area contributed by atoms with Crippen LogP contribution in [-0.4, -0.2) is 44.0 Å². The summed E-state index contributed by atoms with van der Waals surface area (Å²) >= 11 is 0. The number of benzene rings is 1. The average molecular weight is 379 g/mol. The molecule has 0 aliphatic rings. The third-order valence-electron chi connectivity index (χ3n) is 4.05. The van der Waals surface area contributed by atoms with E-state index < -0.39 is 6.09 Å². The van der Waals surface area contributed by atoms with Crippen molar-refractivity contribution in [2.45, 2.75) is 40.2 Å². The molecule has 0 saturated heterocycles. The van der Waals surface area contributed by atoms with Gasteiger partial charge in [0.2, 0.25) is 0 Å². The SMILES string of the molecule is CCNC(=NCc1ccc(NC(=O)OC)cc1)NCC(CCO)CC(C)C. The van der Waals surface area contributed by atoms with Crippen LogP contribution in [0.5, 0.6) is 0 Å². The Morgan fingerprint density at radius 3 is 2.48 bits per heavy atom. The molecule has 0 bridgehead atoms. The molecular formula is C20H34N4O3. The number of carbonyl (C=O) groups excluding carboxylic acids is 1. The number of nitrogens with zero attached hydrogens (tertiary/aromatic N) is 1. The summed E-state index contributed by atoms with van der Waals surface area (Å²) in [5, 5.41) is 18.5. The summed E-state index contributed by atoms with van der Waals surface area (Å²) < 4.78 is 4.57. The molecule has 1 rings (SSSR count). The van der Waals surface area contributed by atoms with Gasteiger partial charge in [-0.1, -0.05) is 26.0 Å². The van der Waals surface area contributed by atoms with E-state index in [1.807, 2.05) is 31.2 Å². The molecule has 1 unspecified atom stereocenters. The lowest BCUT2D eigenvalue weighted by Crippen LogP contribution is -2.40. The van der Waals surface area contributed by atoms with E-state index in [0.717, 1.165) is 37.5 Å². The zero-order valence-corrected chi connectivity index (χ0v) is 16.9. The van der Waals surface area contributed by atoms with Gasteiger partial charge in [-0.15, -0.1) is 0 Å². The molecular weight excluding hydrogens is 344 g/mol. The van der Waals surface area contributed by atoms with Crippen LogP contribution in [-0.2, 0) is 11.3 Å². The maximum atomic E-state index is 11.2. The minimum atomic E-state index is -0.488. The third kappa shape index (κ3) is 9.84. The highest BCUT2D eigenvalue weighted by Gasteiger charge is 2.11. The Kier molecular flexibility index (Phi) is 10.9. The first-order valence-corrected chi connectivity index (χ1v) is 9.55. The zero-order valence-electron chi connectivity index (χ0n) is 16.9. The number of amides is 1. The van der Waals surface area contributed by atoms with Crippen molar-refractivity contribution in [2.24, 2.45) is 16.8 Å². The van der Waals surface area contributed by atoms with Crippen molar-refractivity contribution in [3.63, 3.8) is 0 Å². The van der Waals surface area contributed by atoms with Gasteiger partial charge in [-0.05, 0) is 49.3 Å². The Balaban J connectivity index is 2.62. The third-order valence-corrected chi connectivity index (χ3v) is 4.05. The molecule has 152 valence electrons. The molecule has 4 N–H and O–H groups in total. The quantitative estimate of drug-likeness (QED) is 0.371. The zero-order chi connectivity index (χ0) is 20.1. The lowest BCUT2D eigenvalue weighted by Gasteiger charge is -2.20. The number of aliphatic hydroxyl groups is 1. The maximum absolute atomic E-state index is 11.2. The highest BCUT2D eigenvalue weighted by molar-refractivity contribution is 5.84. The number of guanidine groups is 1. The predicted molar refractivity (Wildman–Crippen MR) is 110 cm³/mol. The molecule has 1 amide bonds. The molecule has 0 heterocycles. The van der Waals surface area contributed by atoms with Crippen LogP contribution in [0, 0.1) is 11.8 Å². The van der Waals surface area contributed by atoms with Gasteiger partial charge in [-0.2, -0.15) is 0 Å². The van der Waals surface area contributed by atoms with Crippen molar-refractivity contribution in [1.82, 2.24) is 10.6 Å². The maximum Gasteiger partial charge on any atom is 0.411 e. The van der Waals surface area contributed by atoms with E-state index in [9.17, 15) is 9.90 Å². The fraction of sp³-hybridized carbons (Fsp3) is 0.600. The summed E-state index contributed by atoms with van der Waals surface area (Å²) in [6.45, 7) is 8.73. The molecule has 7 nitrogen and oxygen atoms in total. The molecule has 0 radical (unpaired) electrons. The molecule has 0 fully saturated rings. The van der Waals surface area contributed by atoms with Crippen LogP contribution in [0.3, 0.4) is 0 Å². The molecule has 1 aromatic rings. The second-order valence-corrected chi connectivity index (χ2v) is 6.90. The summed E-state index contributed by atoms with van der Waals surface area (Å²) in [4.78, 5) is 15.8. The fourth-order valence-corrected chi connectivity index (χ4v) is 2.77. The molecule has 0 saturated carbocycles. The van der Waals surface area contributed by atoms with Gasteiger partial charge in [-0.3, -0.25) is 5.32 Å². The van der Waals surface area contributed by atoms with Gasteiger partial charge < -0.3 is 20.5 Å². The topological polar surface area (TPSA) is 95.0 Å². The number of anilines is 1. The van der Waals surface area contributed by atoms with Crippen molar-refractivity contribution in [2.75, 3.05) is 32.1 Å². The van der Waals surface area contributed by atoms with Gasteiger partial charge in [0.15, 0.2) is 5.96 Å². The van der Waals surface area contributed by atoms with Gasteiger partial charge >= 0.3 is 6.09 Å². The Morgan fingerprint density at radius 2 is 1.93 bits per heavy atom. The van der Waals surface area contributed by atoms with Gasteiger partial charge in [0.1, 0.15) is 0 Å². The molecule has 27 heavy (non-hydrogen) atoms. The largest absolute Gasteiger partial charge is 0.453 e. The van der Waals surface area contributed by atoms with Crippen molar-refractivity contribution >= 4 is 17.7 Å². The average Bonchev–Trinajstić information content (AvgIpc) is 2.64. The minimum absolute atomic E-state index is 0.207. The molecule has 0 aromatic heterocycles. The number of hydrogen-bond donors (Lipinski definition) is 4. The van der Waals surface area contributed by atoms with Gasteiger partial charge in [0.25, 0.3) is 0 Å². The number of aliphatic imine (C=N–C) groups is 1. The van der Waals surface area contributed by atoms with E-state index in [4.69, 9.17) is 0 Å². The second kappa shape index (κ2) is 13.0. The van der Waals surface area contributed by atoms with E-state index in [1.165, 1.54) is 7.11 Å². The summed E-state index contributed by atoms with van der Waals surface area (Å²) in [5.41, 5.74) is 1.72. The number of hydrogen-bond acceptors (Lipinski definition) is 4. The summed E-state index contributed by atoms with van der Waals surface area (Å²) in [6.07, 6.45) is 1.37. The molecule has 0 aliphatic heterocycles. The minimum Gasteiger partial charge on any atom is -0.453 e. The van der Waals surface area contributed by atoms with Crippen molar-refractivity contribution < 1.29 is 14.6 Å². The Morgan fingerprint density at radius 1 is 1.22 bits per heavy atom. The van der Waals surface area contributed by atoms with Crippen LogP contribution < -0.4 is 16.0 Å². The fourth-order valence-electron chi connectivity index (χ4n) is 2.77. The number of methoxy groups -OCH3 is 1. The van der Waals surface area contributed by atoms with Crippen LogP contribution in [0.4, 0.5) is 10.5 Å². The van der Waals surface area contributed by atoms with E-state index >= 15 is 0 Å².